The van der Waals surface area contributed by atoms with Crippen molar-refractivity contribution in [1.29, 1.82) is 0 Å². The molecule has 0 saturated carbocycles. The molecule has 0 bridgehead atoms. The van der Waals surface area contributed by atoms with Crippen molar-refractivity contribution in [3.05, 3.63) is 30.0 Å². The van der Waals surface area contributed by atoms with Gasteiger partial charge in [0, 0.05) is 18.6 Å². The molecule has 2 nitrogen and oxygen atoms in total. The lowest BCUT2D eigenvalue weighted by molar-refractivity contribution is 0.481. The van der Waals surface area contributed by atoms with Crippen molar-refractivity contribution in [3.8, 4) is 5.75 Å². The van der Waals surface area contributed by atoms with Gasteiger partial charge in [0.1, 0.15) is 5.75 Å². The Kier molecular flexibility index (Phi) is 1.99. The van der Waals surface area contributed by atoms with Crippen LogP contribution in [-0.2, 0) is 7.05 Å². The van der Waals surface area contributed by atoms with E-state index in [2.05, 4.69) is 18.4 Å². The summed E-state index contributed by atoms with van der Waals surface area (Å²) in [5.74, 6) is 0.844. The number of aryl methyl sites for hydroxylation is 1. The number of nitrogens with zero attached hydrogens (tertiary/aromatic N) is 1. The number of benzene rings is 1. The van der Waals surface area contributed by atoms with Crippen LogP contribution in [0.3, 0.4) is 0 Å². The molecule has 0 aliphatic rings. The van der Waals surface area contributed by atoms with Gasteiger partial charge in [0.25, 0.3) is 0 Å². The summed E-state index contributed by atoms with van der Waals surface area (Å²) in [6.07, 6.45) is 1.98. The maximum Gasteiger partial charge on any atom is 0.124 e. The number of phenols is 1. The van der Waals surface area contributed by atoms with Gasteiger partial charge in [-0.2, -0.15) is 0 Å². The van der Waals surface area contributed by atoms with Crippen molar-refractivity contribution in [3.63, 3.8) is 0 Å². The lowest BCUT2D eigenvalue weighted by Gasteiger charge is -2.10. The van der Waals surface area contributed by atoms with Crippen LogP contribution in [0.15, 0.2) is 24.4 Å². The summed E-state index contributed by atoms with van der Waals surface area (Å²) in [6.45, 7) is 4.33. The van der Waals surface area contributed by atoms with Crippen LogP contribution in [-0.4, -0.2) is 9.67 Å². The minimum absolute atomic E-state index is 0.366. The number of aromatic nitrogens is 1. The first-order valence-corrected chi connectivity index (χ1v) is 4.88. The van der Waals surface area contributed by atoms with Crippen molar-refractivity contribution in [2.75, 3.05) is 0 Å². The smallest absolute Gasteiger partial charge is 0.124 e. The standard InChI is InChI=1S/C12H15NO/c1-8(2)9-4-5-11(14)10-6-7-13(3)12(9)10/h4-8,14H,1-3H3. The van der Waals surface area contributed by atoms with Crippen LogP contribution < -0.4 is 0 Å². The van der Waals surface area contributed by atoms with E-state index in [0.717, 1.165) is 10.9 Å². The molecule has 0 saturated heterocycles. The van der Waals surface area contributed by atoms with Crippen molar-refractivity contribution >= 4 is 10.9 Å². The summed E-state index contributed by atoms with van der Waals surface area (Å²) in [5, 5.41) is 10.6. The van der Waals surface area contributed by atoms with Gasteiger partial charge in [-0.3, -0.25) is 0 Å². The first kappa shape index (κ1) is 9.13. The van der Waals surface area contributed by atoms with Crippen molar-refractivity contribution < 1.29 is 5.11 Å². The molecule has 0 fully saturated rings. The number of rotatable bonds is 1. The monoisotopic (exact) mass is 189 g/mol. The Morgan fingerprint density at radius 2 is 1.93 bits per heavy atom. The summed E-state index contributed by atoms with van der Waals surface area (Å²) in [7, 11) is 2.01. The van der Waals surface area contributed by atoms with E-state index in [1.165, 1.54) is 5.56 Å². The van der Waals surface area contributed by atoms with Crippen molar-refractivity contribution in [2.24, 2.45) is 7.05 Å². The highest BCUT2D eigenvalue weighted by Crippen LogP contribution is 2.31. The summed E-state index contributed by atoms with van der Waals surface area (Å²) in [4.78, 5) is 0. The van der Waals surface area contributed by atoms with E-state index in [-0.39, 0.29) is 0 Å². The van der Waals surface area contributed by atoms with Crippen LogP contribution >= 0.6 is 0 Å². The topological polar surface area (TPSA) is 25.2 Å². The molecule has 0 aliphatic heterocycles. The highest BCUT2D eigenvalue weighted by Gasteiger charge is 2.10. The van der Waals surface area contributed by atoms with Crippen LogP contribution in [0.25, 0.3) is 10.9 Å². The van der Waals surface area contributed by atoms with Gasteiger partial charge in [-0.15, -0.1) is 0 Å². The summed E-state index contributed by atoms with van der Waals surface area (Å²) >= 11 is 0. The molecule has 1 heterocycles. The van der Waals surface area contributed by atoms with Gasteiger partial charge in [-0.1, -0.05) is 19.9 Å². The Labute approximate surface area is 83.8 Å². The van der Waals surface area contributed by atoms with Crippen LogP contribution in [0.5, 0.6) is 5.75 Å². The summed E-state index contributed by atoms with van der Waals surface area (Å²) in [6, 6.07) is 5.73. The van der Waals surface area contributed by atoms with E-state index in [0.29, 0.717) is 11.7 Å². The molecule has 1 aromatic heterocycles. The maximum atomic E-state index is 9.68. The Balaban J connectivity index is 2.85. The molecule has 0 amide bonds. The second kappa shape index (κ2) is 3.05. The van der Waals surface area contributed by atoms with Gasteiger partial charge in [0.15, 0.2) is 0 Å². The molecule has 2 heteroatoms. The Morgan fingerprint density at radius 1 is 1.21 bits per heavy atom. The third-order valence-corrected chi connectivity index (χ3v) is 2.66. The lowest BCUT2D eigenvalue weighted by Crippen LogP contribution is -1.94. The zero-order chi connectivity index (χ0) is 10.3. The molecule has 0 spiro atoms. The van der Waals surface area contributed by atoms with Crippen LogP contribution in [0.4, 0.5) is 0 Å². The van der Waals surface area contributed by atoms with Crippen LogP contribution in [0.1, 0.15) is 25.3 Å². The first-order valence-electron chi connectivity index (χ1n) is 4.88. The second-order valence-corrected chi connectivity index (χ2v) is 4.02. The molecule has 1 aromatic carbocycles. The zero-order valence-corrected chi connectivity index (χ0v) is 8.78. The SMILES string of the molecule is CC(C)c1ccc(O)c2ccn(C)c12. The fourth-order valence-electron chi connectivity index (χ4n) is 1.90. The van der Waals surface area contributed by atoms with E-state index in [4.69, 9.17) is 0 Å². The Hall–Kier alpha value is -1.44. The van der Waals surface area contributed by atoms with Crippen LogP contribution in [0.2, 0.25) is 0 Å². The average Bonchev–Trinajstić information content (AvgIpc) is 2.50. The van der Waals surface area contributed by atoms with E-state index >= 15 is 0 Å². The molecule has 0 radical (unpaired) electrons. The molecular formula is C12H15NO. The molecule has 74 valence electrons. The van der Waals surface area contributed by atoms with Crippen molar-refractivity contribution in [1.82, 2.24) is 4.57 Å². The van der Waals surface area contributed by atoms with Gasteiger partial charge in [-0.05, 0) is 23.6 Å². The minimum Gasteiger partial charge on any atom is -0.507 e. The van der Waals surface area contributed by atoms with Gasteiger partial charge < -0.3 is 9.67 Å². The predicted molar refractivity (Wildman–Crippen MR) is 58.7 cm³/mol. The predicted octanol–water partition coefficient (Wildman–Crippen LogP) is 3.01. The number of phenolic OH excluding ortho intramolecular Hbond substituents is 1. The summed E-state index contributed by atoms with van der Waals surface area (Å²) in [5.41, 5.74) is 2.42. The van der Waals surface area contributed by atoms with Gasteiger partial charge in [0.2, 0.25) is 0 Å². The van der Waals surface area contributed by atoms with Crippen LogP contribution in [0, 0.1) is 0 Å². The molecule has 2 rings (SSSR count). The number of aromatic hydroxyl groups is 1. The third-order valence-electron chi connectivity index (χ3n) is 2.66. The Morgan fingerprint density at radius 3 is 2.57 bits per heavy atom. The lowest BCUT2D eigenvalue weighted by atomic mass is 10.0. The normalized spacial score (nSPS) is 11.4. The molecule has 0 unspecified atom stereocenters. The fourth-order valence-corrected chi connectivity index (χ4v) is 1.90. The second-order valence-electron chi connectivity index (χ2n) is 4.02. The molecule has 0 atom stereocenters. The molecular weight excluding hydrogens is 174 g/mol. The zero-order valence-electron chi connectivity index (χ0n) is 8.78. The van der Waals surface area contributed by atoms with E-state index < -0.39 is 0 Å². The first-order chi connectivity index (χ1) is 6.61. The quantitative estimate of drug-likeness (QED) is 0.733. The Bertz CT molecular complexity index is 468. The van der Waals surface area contributed by atoms with Gasteiger partial charge in [0.05, 0.1) is 5.52 Å². The van der Waals surface area contributed by atoms with Gasteiger partial charge in [-0.25, -0.2) is 0 Å². The highest BCUT2D eigenvalue weighted by atomic mass is 16.3. The molecule has 14 heavy (non-hydrogen) atoms. The number of fused-ring (bicyclic) bond motifs is 1. The van der Waals surface area contributed by atoms with E-state index in [1.54, 1.807) is 6.07 Å². The highest BCUT2D eigenvalue weighted by molar-refractivity contribution is 5.89. The molecule has 1 N–H and O–H groups in total. The molecule has 0 aliphatic carbocycles. The number of hydrogen-bond acceptors (Lipinski definition) is 1. The summed E-state index contributed by atoms with van der Waals surface area (Å²) < 4.78 is 2.06. The third kappa shape index (κ3) is 1.18. The number of hydrogen-bond donors (Lipinski definition) is 1. The minimum atomic E-state index is 0.366. The largest absolute Gasteiger partial charge is 0.507 e. The fraction of sp³-hybridized carbons (Fsp3) is 0.333. The van der Waals surface area contributed by atoms with Gasteiger partial charge >= 0.3 is 0 Å². The van der Waals surface area contributed by atoms with E-state index in [9.17, 15) is 5.11 Å². The molecule has 2 aromatic rings. The maximum absolute atomic E-state index is 9.68. The van der Waals surface area contributed by atoms with E-state index in [1.807, 2.05) is 25.4 Å². The average molecular weight is 189 g/mol. The van der Waals surface area contributed by atoms with Crippen molar-refractivity contribution in [2.45, 2.75) is 19.8 Å².